The molecule has 0 bridgehead atoms. The van der Waals surface area contributed by atoms with Crippen LogP contribution in [0.3, 0.4) is 0 Å². The van der Waals surface area contributed by atoms with Crippen LogP contribution in [-0.2, 0) is 6.54 Å². The molecule has 0 fully saturated rings. The van der Waals surface area contributed by atoms with E-state index in [4.69, 9.17) is 0 Å². The third-order valence-electron chi connectivity index (χ3n) is 4.09. The molecule has 0 spiro atoms. The zero-order chi connectivity index (χ0) is 19.9. The fourth-order valence-corrected chi connectivity index (χ4v) is 2.65. The van der Waals surface area contributed by atoms with Crippen molar-refractivity contribution in [3.8, 4) is 11.3 Å². The molecule has 0 aliphatic carbocycles. The summed E-state index contributed by atoms with van der Waals surface area (Å²) in [5.41, 5.74) is 2.23. The van der Waals surface area contributed by atoms with E-state index < -0.39 is 4.92 Å². The van der Waals surface area contributed by atoms with Gasteiger partial charge in [0.2, 0.25) is 5.95 Å². The minimum atomic E-state index is -0.400. The van der Waals surface area contributed by atoms with Crippen LogP contribution in [0.2, 0.25) is 0 Å². The highest BCUT2D eigenvalue weighted by Gasteiger charge is 2.13. The summed E-state index contributed by atoms with van der Waals surface area (Å²) in [6.45, 7) is 2.01. The van der Waals surface area contributed by atoms with Crippen LogP contribution in [0.15, 0.2) is 60.7 Å². The maximum Gasteiger partial charge on any atom is 0.274 e. The van der Waals surface area contributed by atoms with Gasteiger partial charge in [-0.05, 0) is 6.92 Å². The van der Waals surface area contributed by atoms with Crippen LogP contribution in [0.4, 0.5) is 17.5 Å². The number of hydrogen-bond acceptors (Lipinski definition) is 7. The lowest BCUT2D eigenvalue weighted by atomic mass is 10.1. The van der Waals surface area contributed by atoms with Gasteiger partial charge in [-0.1, -0.05) is 48.5 Å². The third-order valence-corrected chi connectivity index (χ3v) is 4.09. The average Bonchev–Trinajstić information content (AvgIpc) is 2.72. The summed E-state index contributed by atoms with van der Waals surface area (Å²) in [4.78, 5) is 19.7. The van der Waals surface area contributed by atoms with Gasteiger partial charge in [0.1, 0.15) is 5.82 Å². The van der Waals surface area contributed by atoms with Gasteiger partial charge in [-0.15, -0.1) is 0 Å². The number of para-hydroxylation sites is 1. The first-order valence-electron chi connectivity index (χ1n) is 8.85. The number of aliphatic hydroxyl groups is 1. The van der Waals surface area contributed by atoms with Gasteiger partial charge in [0, 0.05) is 35.8 Å². The standard InChI is InChI=1S/C20H21N5O3/c1-14(13-26)22-20-23-17(15-7-3-2-4-8-15)11-19(24-20)21-12-16-9-5-6-10-18(16)25(27)28/h2-11,14,26H,12-13H2,1H3,(H2,21,22,23,24)/t14-/m1/s1. The van der Waals surface area contributed by atoms with Gasteiger partial charge in [-0.2, -0.15) is 4.98 Å². The maximum atomic E-state index is 11.2. The molecule has 0 radical (unpaired) electrons. The largest absolute Gasteiger partial charge is 0.394 e. The van der Waals surface area contributed by atoms with Gasteiger partial charge < -0.3 is 15.7 Å². The van der Waals surface area contributed by atoms with Crippen LogP contribution in [0.5, 0.6) is 0 Å². The number of aromatic nitrogens is 2. The molecule has 0 saturated heterocycles. The molecular weight excluding hydrogens is 358 g/mol. The molecule has 3 N–H and O–H groups in total. The molecule has 2 aromatic carbocycles. The van der Waals surface area contributed by atoms with Crippen LogP contribution < -0.4 is 10.6 Å². The zero-order valence-electron chi connectivity index (χ0n) is 15.4. The molecule has 1 aromatic heterocycles. The highest BCUT2D eigenvalue weighted by atomic mass is 16.6. The number of nitro benzene ring substituents is 1. The maximum absolute atomic E-state index is 11.2. The first-order chi connectivity index (χ1) is 13.6. The molecule has 28 heavy (non-hydrogen) atoms. The lowest BCUT2D eigenvalue weighted by Gasteiger charge is -2.14. The molecule has 144 valence electrons. The Bertz CT molecular complexity index is 950. The average molecular weight is 379 g/mol. The second kappa shape index (κ2) is 8.92. The Morgan fingerprint density at radius 3 is 2.54 bits per heavy atom. The predicted molar refractivity (Wildman–Crippen MR) is 108 cm³/mol. The number of benzene rings is 2. The molecule has 0 aliphatic rings. The molecule has 8 nitrogen and oxygen atoms in total. The lowest BCUT2D eigenvalue weighted by Crippen LogP contribution is -2.21. The fourth-order valence-electron chi connectivity index (χ4n) is 2.65. The number of rotatable bonds is 8. The Kier molecular flexibility index (Phi) is 6.13. The van der Waals surface area contributed by atoms with E-state index in [1.165, 1.54) is 6.07 Å². The molecule has 8 heteroatoms. The van der Waals surface area contributed by atoms with Crippen molar-refractivity contribution in [2.45, 2.75) is 19.5 Å². The van der Waals surface area contributed by atoms with Gasteiger partial charge in [-0.25, -0.2) is 4.98 Å². The lowest BCUT2D eigenvalue weighted by molar-refractivity contribution is -0.385. The summed E-state index contributed by atoms with van der Waals surface area (Å²) in [6, 6.07) is 17.8. The molecule has 1 heterocycles. The smallest absolute Gasteiger partial charge is 0.274 e. The van der Waals surface area contributed by atoms with Crippen LogP contribution >= 0.6 is 0 Å². The summed E-state index contributed by atoms with van der Waals surface area (Å²) in [5.74, 6) is 0.896. The molecule has 0 saturated carbocycles. The summed E-state index contributed by atoms with van der Waals surface area (Å²) in [5, 5.41) is 26.7. The highest BCUT2D eigenvalue weighted by molar-refractivity contribution is 5.64. The van der Waals surface area contributed by atoms with Crippen molar-refractivity contribution in [1.29, 1.82) is 0 Å². The topological polar surface area (TPSA) is 113 Å². The van der Waals surface area contributed by atoms with Crippen LogP contribution in [-0.4, -0.2) is 32.6 Å². The minimum absolute atomic E-state index is 0.0552. The van der Waals surface area contributed by atoms with E-state index in [0.29, 0.717) is 23.0 Å². The van der Waals surface area contributed by atoms with Crippen LogP contribution in [0, 0.1) is 10.1 Å². The van der Waals surface area contributed by atoms with E-state index in [2.05, 4.69) is 20.6 Å². The number of hydrogen-bond donors (Lipinski definition) is 3. The van der Waals surface area contributed by atoms with Gasteiger partial charge in [-0.3, -0.25) is 10.1 Å². The van der Waals surface area contributed by atoms with Crippen molar-refractivity contribution in [1.82, 2.24) is 9.97 Å². The van der Waals surface area contributed by atoms with Gasteiger partial charge in [0.25, 0.3) is 5.69 Å². The fraction of sp³-hybridized carbons (Fsp3) is 0.200. The van der Waals surface area contributed by atoms with Crippen molar-refractivity contribution in [3.05, 3.63) is 76.3 Å². The number of nitrogens with zero attached hydrogens (tertiary/aromatic N) is 3. The Morgan fingerprint density at radius 1 is 1.11 bits per heavy atom. The second-order valence-corrected chi connectivity index (χ2v) is 6.30. The number of anilines is 2. The van der Waals surface area contributed by atoms with E-state index in [9.17, 15) is 15.2 Å². The molecule has 0 amide bonds. The number of nitro groups is 1. The van der Waals surface area contributed by atoms with Crippen molar-refractivity contribution in [3.63, 3.8) is 0 Å². The Balaban J connectivity index is 1.89. The molecule has 0 aliphatic heterocycles. The Hall–Kier alpha value is -3.52. The molecule has 3 aromatic rings. The van der Waals surface area contributed by atoms with Crippen LogP contribution in [0.25, 0.3) is 11.3 Å². The Labute approximate surface area is 162 Å². The van der Waals surface area contributed by atoms with Crippen LogP contribution in [0.1, 0.15) is 12.5 Å². The van der Waals surface area contributed by atoms with E-state index in [0.717, 1.165) is 5.56 Å². The molecule has 0 unspecified atom stereocenters. The third kappa shape index (κ3) is 4.80. The van der Waals surface area contributed by atoms with Crippen molar-refractivity contribution in [2.75, 3.05) is 17.2 Å². The van der Waals surface area contributed by atoms with Gasteiger partial charge >= 0.3 is 0 Å². The predicted octanol–water partition coefficient (Wildman–Crippen LogP) is 3.46. The Morgan fingerprint density at radius 2 is 1.82 bits per heavy atom. The minimum Gasteiger partial charge on any atom is -0.394 e. The van der Waals surface area contributed by atoms with E-state index in [1.54, 1.807) is 24.3 Å². The van der Waals surface area contributed by atoms with Crippen molar-refractivity contribution < 1.29 is 10.0 Å². The summed E-state index contributed by atoms with van der Waals surface area (Å²) in [7, 11) is 0. The number of nitrogens with one attached hydrogen (secondary N) is 2. The van der Waals surface area contributed by atoms with Crippen molar-refractivity contribution >= 4 is 17.5 Å². The van der Waals surface area contributed by atoms with E-state index in [-0.39, 0.29) is 24.9 Å². The molecular formula is C20H21N5O3. The summed E-state index contributed by atoms with van der Waals surface area (Å²) < 4.78 is 0. The summed E-state index contributed by atoms with van der Waals surface area (Å²) in [6.07, 6.45) is 0. The zero-order valence-corrected chi connectivity index (χ0v) is 15.4. The van der Waals surface area contributed by atoms with E-state index in [1.807, 2.05) is 37.3 Å². The molecule has 3 rings (SSSR count). The highest BCUT2D eigenvalue weighted by Crippen LogP contribution is 2.23. The normalized spacial score (nSPS) is 11.6. The van der Waals surface area contributed by atoms with Gasteiger partial charge in [0.05, 0.1) is 17.2 Å². The molecule has 1 atom stereocenters. The van der Waals surface area contributed by atoms with Gasteiger partial charge in [0.15, 0.2) is 0 Å². The second-order valence-electron chi connectivity index (χ2n) is 6.30. The monoisotopic (exact) mass is 379 g/mol. The quantitative estimate of drug-likeness (QED) is 0.406. The summed E-state index contributed by atoms with van der Waals surface area (Å²) >= 11 is 0. The van der Waals surface area contributed by atoms with E-state index >= 15 is 0 Å². The SMILES string of the molecule is C[C@H](CO)Nc1nc(NCc2ccccc2[N+](=O)[O-])cc(-c2ccccc2)n1. The number of aliphatic hydroxyl groups excluding tert-OH is 1. The first-order valence-corrected chi connectivity index (χ1v) is 8.85. The van der Waals surface area contributed by atoms with Crippen molar-refractivity contribution in [2.24, 2.45) is 0 Å². The first kappa shape index (κ1) is 19.2.